The topological polar surface area (TPSA) is 113 Å². The Labute approximate surface area is 283 Å². The molecule has 47 heavy (non-hydrogen) atoms. The molecule has 4 aliphatic rings. The van der Waals surface area contributed by atoms with Crippen LogP contribution >= 0.6 is 27.5 Å². The molecule has 0 radical (unpaired) electrons. The van der Waals surface area contributed by atoms with E-state index in [1.165, 1.54) is 43.4 Å². The van der Waals surface area contributed by atoms with Crippen LogP contribution < -0.4 is 19.3 Å². The maximum Gasteiger partial charge on any atom is 0.241 e. The lowest BCUT2D eigenvalue weighted by atomic mass is 9.51. The second-order valence-corrected chi connectivity index (χ2v) is 13.8. The number of amides is 4. The monoisotopic (exact) mass is 722 g/mol. The van der Waals surface area contributed by atoms with Crippen molar-refractivity contribution in [3.8, 4) is 17.2 Å². The number of benzene rings is 3. The number of aromatic hydroxyl groups is 1. The number of halogens is 3. The van der Waals surface area contributed by atoms with E-state index in [4.69, 9.17) is 21.1 Å². The maximum absolute atomic E-state index is 14.7. The molecule has 12 heteroatoms. The van der Waals surface area contributed by atoms with E-state index in [0.29, 0.717) is 16.8 Å². The number of nitrogens with zero attached hydrogens (tertiary/aromatic N) is 2. The number of rotatable bonds is 5. The Balaban J connectivity index is 1.42. The highest BCUT2D eigenvalue weighted by Gasteiger charge is 2.68. The van der Waals surface area contributed by atoms with Gasteiger partial charge in [-0.15, -0.1) is 0 Å². The van der Waals surface area contributed by atoms with Gasteiger partial charge in [0, 0.05) is 28.1 Å². The van der Waals surface area contributed by atoms with Crippen molar-refractivity contribution in [1.29, 1.82) is 0 Å². The van der Waals surface area contributed by atoms with Crippen LogP contribution in [0.2, 0.25) is 5.02 Å². The highest BCUT2D eigenvalue weighted by Crippen LogP contribution is 2.65. The van der Waals surface area contributed by atoms with Crippen molar-refractivity contribution in [2.45, 2.75) is 25.7 Å². The van der Waals surface area contributed by atoms with Crippen LogP contribution in [0.5, 0.6) is 17.2 Å². The van der Waals surface area contributed by atoms with E-state index >= 15 is 0 Å². The molecule has 3 aromatic carbocycles. The van der Waals surface area contributed by atoms with Gasteiger partial charge in [0.2, 0.25) is 23.6 Å². The molecule has 0 bridgehead atoms. The van der Waals surface area contributed by atoms with Crippen LogP contribution in [0, 0.1) is 34.9 Å². The third-order valence-corrected chi connectivity index (χ3v) is 11.2. The van der Waals surface area contributed by atoms with Crippen molar-refractivity contribution in [3.63, 3.8) is 0 Å². The van der Waals surface area contributed by atoms with Gasteiger partial charge >= 0.3 is 0 Å². The number of ether oxygens (including phenoxy) is 2. The Bertz CT molecular complexity index is 1890. The quantitative estimate of drug-likeness (QED) is 0.240. The Morgan fingerprint density at radius 2 is 1.53 bits per heavy atom. The predicted molar refractivity (Wildman–Crippen MR) is 174 cm³/mol. The lowest BCUT2D eigenvalue weighted by molar-refractivity contribution is -0.131. The second-order valence-electron chi connectivity index (χ2n) is 12.5. The molecule has 2 aliphatic carbocycles. The minimum Gasteiger partial charge on any atom is -0.508 e. The summed E-state index contributed by atoms with van der Waals surface area (Å²) < 4.78 is 26.4. The van der Waals surface area contributed by atoms with Crippen molar-refractivity contribution >= 4 is 62.5 Å². The molecule has 7 rings (SSSR count). The maximum atomic E-state index is 14.7. The summed E-state index contributed by atoms with van der Waals surface area (Å²) in [6, 6.07) is 13.4. The standard InChI is InChI=1S/C35H29BrClFN2O7/c1-35-23(32(43)40(34(35)45)18-8-11-25(38)24(37)12-18)15-22-20(30(35)29-26(46-2)13-19(41)14-27(29)47-3)9-10-21-28(22)33(44)39(31(21)42)17-6-4-16(36)5-7-17/h4-9,11-14,21-23,28,30,41H,10,15H2,1-3H3/t21-,22+,23-,28-,30+,35+/m0/s1. The minimum absolute atomic E-state index is 0.117. The molecule has 3 fully saturated rings. The number of anilines is 2. The lowest BCUT2D eigenvalue weighted by Gasteiger charge is -2.49. The zero-order valence-corrected chi connectivity index (χ0v) is 27.8. The number of allylic oxidation sites excluding steroid dienone is 2. The first kappa shape index (κ1) is 31.4. The van der Waals surface area contributed by atoms with Gasteiger partial charge in [-0.25, -0.2) is 9.29 Å². The minimum atomic E-state index is -1.43. The van der Waals surface area contributed by atoms with Crippen LogP contribution in [-0.4, -0.2) is 43.0 Å². The van der Waals surface area contributed by atoms with Crippen molar-refractivity contribution in [3.05, 3.63) is 87.1 Å². The zero-order valence-electron chi connectivity index (χ0n) is 25.5. The highest BCUT2D eigenvalue weighted by molar-refractivity contribution is 9.10. The van der Waals surface area contributed by atoms with E-state index in [1.54, 1.807) is 31.2 Å². The summed E-state index contributed by atoms with van der Waals surface area (Å²) in [5, 5.41) is 10.3. The van der Waals surface area contributed by atoms with E-state index in [2.05, 4.69) is 15.9 Å². The van der Waals surface area contributed by atoms with E-state index < -0.39 is 52.6 Å². The fourth-order valence-corrected chi connectivity index (χ4v) is 8.69. The number of carbonyl (C=O) groups excluding carboxylic acids is 4. The Morgan fingerprint density at radius 1 is 0.894 bits per heavy atom. The summed E-state index contributed by atoms with van der Waals surface area (Å²) in [4.78, 5) is 59.4. The van der Waals surface area contributed by atoms with Gasteiger partial charge in [-0.2, -0.15) is 0 Å². The van der Waals surface area contributed by atoms with Gasteiger partial charge in [-0.1, -0.05) is 39.2 Å². The fourth-order valence-electron chi connectivity index (χ4n) is 8.25. The summed E-state index contributed by atoms with van der Waals surface area (Å²) in [5.74, 6) is -5.98. The molecule has 9 nitrogen and oxygen atoms in total. The Kier molecular flexibility index (Phi) is 7.48. The van der Waals surface area contributed by atoms with Crippen LogP contribution in [-0.2, 0) is 19.2 Å². The summed E-state index contributed by atoms with van der Waals surface area (Å²) in [5.41, 5.74) is 0.280. The zero-order chi connectivity index (χ0) is 33.5. The molecule has 0 unspecified atom stereocenters. The summed E-state index contributed by atoms with van der Waals surface area (Å²) in [6.07, 6.45) is 2.27. The van der Waals surface area contributed by atoms with Gasteiger partial charge in [0.25, 0.3) is 0 Å². The number of imide groups is 2. The van der Waals surface area contributed by atoms with Gasteiger partial charge in [-0.3, -0.25) is 24.1 Å². The molecule has 0 aromatic heterocycles. The third-order valence-electron chi connectivity index (χ3n) is 10.3. The average molecular weight is 724 g/mol. The molecular weight excluding hydrogens is 695 g/mol. The number of carbonyl (C=O) groups is 4. The molecule has 2 saturated heterocycles. The van der Waals surface area contributed by atoms with Crippen LogP contribution in [0.15, 0.2) is 70.7 Å². The third kappa shape index (κ3) is 4.46. The molecule has 1 saturated carbocycles. The van der Waals surface area contributed by atoms with E-state index in [1.807, 2.05) is 6.08 Å². The molecule has 4 amide bonds. The predicted octanol–water partition coefficient (Wildman–Crippen LogP) is 6.40. The fraction of sp³-hybridized carbons (Fsp3) is 0.314. The summed E-state index contributed by atoms with van der Waals surface area (Å²) in [7, 11) is 2.85. The summed E-state index contributed by atoms with van der Waals surface area (Å²) in [6.45, 7) is 1.71. The molecular formula is C35H29BrClFN2O7. The number of hydrogen-bond acceptors (Lipinski definition) is 7. The Morgan fingerprint density at radius 3 is 2.15 bits per heavy atom. The van der Waals surface area contributed by atoms with E-state index in [9.17, 15) is 28.7 Å². The number of phenols is 1. The van der Waals surface area contributed by atoms with Crippen molar-refractivity contribution in [2.75, 3.05) is 24.0 Å². The molecule has 0 spiro atoms. The largest absolute Gasteiger partial charge is 0.508 e. The first-order chi connectivity index (χ1) is 22.4. The van der Waals surface area contributed by atoms with Gasteiger partial charge in [-0.05, 0) is 68.1 Å². The van der Waals surface area contributed by atoms with Crippen LogP contribution in [0.3, 0.4) is 0 Å². The lowest BCUT2D eigenvalue weighted by Crippen LogP contribution is -2.49. The summed E-state index contributed by atoms with van der Waals surface area (Å²) >= 11 is 9.49. The van der Waals surface area contributed by atoms with Crippen molar-refractivity contribution < 1.29 is 38.1 Å². The van der Waals surface area contributed by atoms with Crippen LogP contribution in [0.1, 0.15) is 31.2 Å². The van der Waals surface area contributed by atoms with Crippen LogP contribution in [0.25, 0.3) is 0 Å². The van der Waals surface area contributed by atoms with Gasteiger partial charge in [0.05, 0.1) is 53.8 Å². The number of phenolic OH excluding ortho intramolecular Hbond substituents is 1. The molecule has 2 heterocycles. The normalized spacial score (nSPS) is 28.2. The smallest absolute Gasteiger partial charge is 0.241 e. The second kappa shape index (κ2) is 11.2. The molecule has 1 N–H and O–H groups in total. The van der Waals surface area contributed by atoms with Crippen LogP contribution in [0.4, 0.5) is 15.8 Å². The number of fused-ring (bicyclic) bond motifs is 4. The SMILES string of the molecule is COc1cc(O)cc(OC)c1[C@H]1C2=CC[C@@H]3C(=O)N(c4ccc(Br)cc4)C(=O)[C@@H]3[C@@H]2C[C@H]2C(=O)N(c3ccc(F)c(Cl)c3)C(=O)[C@@]12C. The molecule has 242 valence electrons. The molecule has 6 atom stereocenters. The highest BCUT2D eigenvalue weighted by atomic mass is 79.9. The van der Waals surface area contributed by atoms with Gasteiger partial charge < -0.3 is 14.6 Å². The first-order valence-corrected chi connectivity index (χ1v) is 16.2. The van der Waals surface area contributed by atoms with Crippen molar-refractivity contribution in [2.24, 2.45) is 29.1 Å². The Hall–Kier alpha value is -4.22. The van der Waals surface area contributed by atoms with Crippen molar-refractivity contribution in [1.82, 2.24) is 0 Å². The van der Waals surface area contributed by atoms with E-state index in [0.717, 1.165) is 15.4 Å². The van der Waals surface area contributed by atoms with Gasteiger partial charge in [0.15, 0.2) is 0 Å². The molecule has 2 aliphatic heterocycles. The number of hydrogen-bond donors (Lipinski definition) is 1. The number of methoxy groups -OCH3 is 2. The average Bonchev–Trinajstić information content (AvgIpc) is 3.42. The first-order valence-electron chi connectivity index (χ1n) is 15.0. The van der Waals surface area contributed by atoms with Gasteiger partial charge in [0.1, 0.15) is 23.1 Å². The molecule has 3 aromatic rings. The van der Waals surface area contributed by atoms with E-state index in [-0.39, 0.29) is 52.6 Å².